The minimum Gasteiger partial charge on any atom is -0.486 e. The fourth-order valence-electron chi connectivity index (χ4n) is 2.44. The van der Waals surface area contributed by atoms with Gasteiger partial charge in [-0.25, -0.2) is 23.5 Å². The lowest BCUT2D eigenvalue weighted by molar-refractivity contribution is 0.0701. The van der Waals surface area contributed by atoms with Crippen LogP contribution in [0.2, 0.25) is 0 Å². The molecule has 0 bridgehead atoms. The zero-order chi connectivity index (χ0) is 18.8. The molecule has 6 nitrogen and oxygen atoms in total. The van der Waals surface area contributed by atoms with Crippen molar-refractivity contribution < 1.29 is 23.4 Å². The molecule has 1 atom stereocenters. The number of aryl methyl sites for hydroxylation is 1. The number of carbonyl (C=O) groups is 1. The Morgan fingerprint density at radius 2 is 2.19 bits per heavy atom. The number of benzene rings is 1. The summed E-state index contributed by atoms with van der Waals surface area (Å²) in [6.07, 6.45) is 0.560. The zero-order valence-corrected chi connectivity index (χ0v) is 14.7. The number of rotatable bonds is 6. The monoisotopic (exact) mass is 379 g/mol. The highest BCUT2D eigenvalue weighted by atomic mass is 32.1. The molecule has 3 aromatic rings. The smallest absolute Gasteiger partial charge is 0.346 e. The molecule has 1 unspecified atom stereocenters. The summed E-state index contributed by atoms with van der Waals surface area (Å²) in [6.45, 7) is 2.48. The summed E-state index contributed by atoms with van der Waals surface area (Å²) in [7, 11) is 0. The first-order chi connectivity index (χ1) is 12.4. The second-order valence-electron chi connectivity index (χ2n) is 5.61. The van der Waals surface area contributed by atoms with Crippen LogP contribution < -0.4 is 10.1 Å². The van der Waals surface area contributed by atoms with Crippen LogP contribution in [-0.4, -0.2) is 33.8 Å². The normalized spacial score (nSPS) is 12.2. The molecular weight excluding hydrogens is 364 g/mol. The van der Waals surface area contributed by atoms with E-state index in [1.54, 1.807) is 6.92 Å². The van der Waals surface area contributed by atoms with Crippen molar-refractivity contribution in [2.24, 2.45) is 0 Å². The molecule has 136 valence electrons. The molecule has 1 aromatic carbocycles. The average molecular weight is 379 g/mol. The molecule has 0 aliphatic carbocycles. The standard InChI is InChI=1S/C17H15F2N3O3S/c1-8(6-18)25-12-5-10(19)3-4-11(12)22-15-13-9(2)14(17(23)24)26-16(13)21-7-20-15/h3-5,7-8H,6H2,1-2H3,(H,23,24)(H,20,21,22). The SMILES string of the molecule is Cc1c(C(=O)O)sc2ncnc(Nc3ccc(F)cc3OC(C)CF)c12. The summed E-state index contributed by atoms with van der Waals surface area (Å²) in [6, 6.07) is 3.83. The van der Waals surface area contributed by atoms with E-state index in [9.17, 15) is 18.7 Å². The third-order valence-electron chi connectivity index (χ3n) is 3.66. The Morgan fingerprint density at radius 1 is 1.42 bits per heavy atom. The molecule has 0 saturated carbocycles. The summed E-state index contributed by atoms with van der Waals surface area (Å²) < 4.78 is 31.7. The van der Waals surface area contributed by atoms with Gasteiger partial charge in [-0.05, 0) is 31.5 Å². The summed E-state index contributed by atoms with van der Waals surface area (Å²) in [5.41, 5.74) is 0.913. The highest BCUT2D eigenvalue weighted by Crippen LogP contribution is 2.36. The van der Waals surface area contributed by atoms with E-state index in [4.69, 9.17) is 4.74 Å². The average Bonchev–Trinajstić information content (AvgIpc) is 2.95. The number of nitrogens with zero attached hydrogens (tertiary/aromatic N) is 2. The van der Waals surface area contributed by atoms with Crippen molar-refractivity contribution in [1.82, 2.24) is 9.97 Å². The van der Waals surface area contributed by atoms with Gasteiger partial charge in [0.05, 0.1) is 11.1 Å². The molecule has 0 amide bonds. The molecule has 0 aliphatic heterocycles. The molecule has 0 spiro atoms. The number of alkyl halides is 1. The Bertz CT molecular complexity index is 977. The van der Waals surface area contributed by atoms with Crippen LogP contribution in [0.15, 0.2) is 24.5 Å². The first kappa shape index (κ1) is 18.0. The van der Waals surface area contributed by atoms with Crippen molar-refractivity contribution in [3.05, 3.63) is 40.8 Å². The van der Waals surface area contributed by atoms with Gasteiger partial charge in [-0.2, -0.15) is 0 Å². The van der Waals surface area contributed by atoms with Crippen molar-refractivity contribution in [3.63, 3.8) is 0 Å². The second-order valence-corrected chi connectivity index (χ2v) is 6.61. The molecular formula is C17H15F2N3O3S. The molecule has 26 heavy (non-hydrogen) atoms. The van der Waals surface area contributed by atoms with Crippen LogP contribution in [-0.2, 0) is 0 Å². The summed E-state index contributed by atoms with van der Waals surface area (Å²) in [4.78, 5) is 20.3. The number of hydrogen-bond acceptors (Lipinski definition) is 6. The van der Waals surface area contributed by atoms with Gasteiger partial charge in [0.1, 0.15) is 46.2 Å². The summed E-state index contributed by atoms with van der Waals surface area (Å²) >= 11 is 1.05. The third-order valence-corrected chi connectivity index (χ3v) is 4.85. The van der Waals surface area contributed by atoms with Crippen molar-refractivity contribution >= 4 is 39.0 Å². The van der Waals surface area contributed by atoms with E-state index >= 15 is 0 Å². The van der Waals surface area contributed by atoms with Crippen LogP contribution in [0.1, 0.15) is 22.2 Å². The third kappa shape index (κ3) is 3.43. The Kier molecular flexibility index (Phi) is 4.99. The fraction of sp³-hybridized carbons (Fsp3) is 0.235. The van der Waals surface area contributed by atoms with Crippen molar-refractivity contribution in [1.29, 1.82) is 0 Å². The van der Waals surface area contributed by atoms with Crippen LogP contribution in [0.3, 0.4) is 0 Å². The van der Waals surface area contributed by atoms with Crippen LogP contribution in [0, 0.1) is 12.7 Å². The van der Waals surface area contributed by atoms with Crippen molar-refractivity contribution in [2.45, 2.75) is 20.0 Å². The molecule has 0 fully saturated rings. The minimum absolute atomic E-state index is 0.133. The number of ether oxygens (including phenoxy) is 1. The molecule has 2 aromatic heterocycles. The number of halogens is 2. The Labute approximate surface area is 151 Å². The molecule has 2 N–H and O–H groups in total. The van der Waals surface area contributed by atoms with E-state index in [1.165, 1.54) is 25.4 Å². The van der Waals surface area contributed by atoms with Gasteiger partial charge in [-0.3, -0.25) is 0 Å². The second kappa shape index (κ2) is 7.20. The maximum Gasteiger partial charge on any atom is 0.346 e. The molecule has 3 rings (SSSR count). The number of fused-ring (bicyclic) bond motifs is 1. The van der Waals surface area contributed by atoms with Gasteiger partial charge in [0.15, 0.2) is 0 Å². The Balaban J connectivity index is 2.06. The van der Waals surface area contributed by atoms with Gasteiger partial charge in [0.25, 0.3) is 0 Å². The predicted molar refractivity (Wildman–Crippen MR) is 94.9 cm³/mol. The van der Waals surface area contributed by atoms with Crippen LogP contribution in [0.25, 0.3) is 10.2 Å². The lowest BCUT2D eigenvalue weighted by Gasteiger charge is -2.16. The maximum absolute atomic E-state index is 13.6. The van der Waals surface area contributed by atoms with E-state index in [1.807, 2.05) is 0 Å². The van der Waals surface area contributed by atoms with Crippen LogP contribution in [0.4, 0.5) is 20.3 Å². The molecule has 0 radical (unpaired) electrons. The topological polar surface area (TPSA) is 84.3 Å². The number of aromatic nitrogens is 2. The zero-order valence-electron chi connectivity index (χ0n) is 13.9. The van der Waals surface area contributed by atoms with Gasteiger partial charge in [-0.1, -0.05) is 0 Å². The number of carboxylic acid groups (broad SMARTS) is 1. The quantitative estimate of drug-likeness (QED) is 0.664. The number of thiophene rings is 1. The van der Waals surface area contributed by atoms with Crippen molar-refractivity contribution in [3.8, 4) is 5.75 Å². The fourth-order valence-corrected chi connectivity index (χ4v) is 3.43. The van der Waals surface area contributed by atoms with Crippen molar-refractivity contribution in [2.75, 3.05) is 12.0 Å². The van der Waals surface area contributed by atoms with Gasteiger partial charge in [0.2, 0.25) is 0 Å². The van der Waals surface area contributed by atoms with E-state index in [-0.39, 0.29) is 10.6 Å². The van der Waals surface area contributed by atoms with Gasteiger partial charge in [0, 0.05) is 6.07 Å². The Hall–Kier alpha value is -2.81. The number of aromatic carboxylic acids is 1. The Morgan fingerprint density at radius 3 is 2.88 bits per heavy atom. The van der Waals surface area contributed by atoms with E-state index in [0.717, 1.165) is 17.4 Å². The van der Waals surface area contributed by atoms with Crippen LogP contribution >= 0.6 is 11.3 Å². The number of carboxylic acids is 1. The largest absolute Gasteiger partial charge is 0.486 e. The number of hydrogen-bond donors (Lipinski definition) is 2. The molecule has 2 heterocycles. The first-order valence-electron chi connectivity index (χ1n) is 7.67. The molecule has 0 aliphatic rings. The molecule has 0 saturated heterocycles. The minimum atomic E-state index is -1.04. The van der Waals surface area contributed by atoms with E-state index in [0.29, 0.717) is 27.3 Å². The highest BCUT2D eigenvalue weighted by Gasteiger charge is 2.19. The van der Waals surface area contributed by atoms with Gasteiger partial charge in [-0.15, -0.1) is 11.3 Å². The predicted octanol–water partition coefficient (Wildman–Crippen LogP) is 4.32. The maximum atomic E-state index is 13.6. The first-order valence-corrected chi connectivity index (χ1v) is 8.49. The van der Waals surface area contributed by atoms with Crippen LogP contribution in [0.5, 0.6) is 5.75 Å². The highest BCUT2D eigenvalue weighted by molar-refractivity contribution is 7.20. The molecule has 9 heteroatoms. The lowest BCUT2D eigenvalue weighted by atomic mass is 10.2. The number of nitrogens with one attached hydrogen (secondary N) is 1. The van der Waals surface area contributed by atoms with Gasteiger partial charge < -0.3 is 15.2 Å². The summed E-state index contributed by atoms with van der Waals surface area (Å²) in [5.74, 6) is -1.07. The van der Waals surface area contributed by atoms with E-state index < -0.39 is 24.6 Å². The van der Waals surface area contributed by atoms with Gasteiger partial charge >= 0.3 is 5.97 Å². The summed E-state index contributed by atoms with van der Waals surface area (Å²) in [5, 5.41) is 12.9. The lowest BCUT2D eigenvalue weighted by Crippen LogP contribution is -2.14. The van der Waals surface area contributed by atoms with E-state index in [2.05, 4.69) is 15.3 Å². The number of anilines is 2.